The van der Waals surface area contributed by atoms with Crippen LogP contribution in [0.5, 0.6) is 0 Å². The Bertz CT molecular complexity index is 688. The number of nitrogens with zero attached hydrogens (tertiary/aromatic N) is 2. The fraction of sp³-hybridized carbons (Fsp3) is 0.250. The van der Waals surface area contributed by atoms with Crippen LogP contribution in [0.15, 0.2) is 42.5 Å². The Morgan fingerprint density at radius 2 is 1.85 bits per heavy atom. The minimum absolute atomic E-state index is 0.784. The molecule has 0 amide bonds. The summed E-state index contributed by atoms with van der Waals surface area (Å²) in [5.74, 6) is 1.86. The monoisotopic (exact) mass is 266 g/mol. The van der Waals surface area contributed by atoms with Crippen molar-refractivity contribution in [2.75, 3.05) is 12.4 Å². The number of hydrogen-bond donors (Lipinski definition) is 2. The van der Waals surface area contributed by atoms with Gasteiger partial charge in [0.05, 0.1) is 5.52 Å². The quantitative estimate of drug-likeness (QED) is 0.745. The van der Waals surface area contributed by atoms with Gasteiger partial charge < -0.3 is 10.3 Å². The van der Waals surface area contributed by atoms with Crippen molar-refractivity contribution in [3.63, 3.8) is 0 Å². The molecule has 2 aromatic heterocycles. The topological polar surface area (TPSA) is 53.6 Å². The van der Waals surface area contributed by atoms with Gasteiger partial charge in [-0.2, -0.15) is 0 Å². The lowest BCUT2D eigenvalue weighted by atomic mass is 10.1. The van der Waals surface area contributed by atoms with Crippen molar-refractivity contribution < 1.29 is 0 Å². The zero-order chi connectivity index (χ0) is 13.8. The third-order valence-electron chi connectivity index (χ3n) is 3.37. The number of imidazole rings is 1. The highest BCUT2D eigenvalue weighted by atomic mass is 15.0. The zero-order valence-electron chi connectivity index (χ0n) is 11.6. The number of hydrogen-bond acceptors (Lipinski definition) is 3. The number of fused-ring (bicyclic) bond motifs is 1. The summed E-state index contributed by atoms with van der Waals surface area (Å²) in [5, 5.41) is 3.03. The van der Waals surface area contributed by atoms with Crippen LogP contribution in [0, 0.1) is 0 Å². The smallest absolute Gasteiger partial charge is 0.179 e. The van der Waals surface area contributed by atoms with E-state index in [0.29, 0.717) is 0 Å². The van der Waals surface area contributed by atoms with Gasteiger partial charge in [0.2, 0.25) is 0 Å². The normalized spacial score (nSPS) is 10.8. The van der Waals surface area contributed by atoms with Crippen molar-refractivity contribution in [2.45, 2.75) is 19.3 Å². The van der Waals surface area contributed by atoms with Gasteiger partial charge in [-0.05, 0) is 30.5 Å². The molecule has 0 aliphatic heterocycles. The number of aryl methyl sites for hydroxylation is 2. The predicted molar refractivity (Wildman–Crippen MR) is 81.9 cm³/mol. The van der Waals surface area contributed by atoms with Crippen molar-refractivity contribution in [1.29, 1.82) is 0 Å². The molecule has 102 valence electrons. The van der Waals surface area contributed by atoms with Gasteiger partial charge in [0.1, 0.15) is 11.6 Å². The second-order valence-corrected chi connectivity index (χ2v) is 4.84. The van der Waals surface area contributed by atoms with E-state index >= 15 is 0 Å². The molecule has 0 spiro atoms. The molecule has 0 aliphatic rings. The number of rotatable bonds is 5. The summed E-state index contributed by atoms with van der Waals surface area (Å²) in [6.07, 6.45) is 3.11. The van der Waals surface area contributed by atoms with E-state index < -0.39 is 0 Å². The number of aromatic nitrogens is 3. The zero-order valence-corrected chi connectivity index (χ0v) is 11.6. The van der Waals surface area contributed by atoms with Crippen LogP contribution in [-0.2, 0) is 12.8 Å². The summed E-state index contributed by atoms with van der Waals surface area (Å²) < 4.78 is 0. The maximum atomic E-state index is 4.55. The molecular formula is C16H18N4. The lowest BCUT2D eigenvalue weighted by Crippen LogP contribution is -1.92. The first-order chi connectivity index (χ1) is 9.85. The molecule has 0 aliphatic carbocycles. The summed E-state index contributed by atoms with van der Waals surface area (Å²) in [4.78, 5) is 12.3. The number of nitrogens with one attached hydrogen (secondary N) is 2. The van der Waals surface area contributed by atoms with Crippen molar-refractivity contribution in [3.05, 3.63) is 53.9 Å². The number of aromatic amines is 1. The molecule has 0 radical (unpaired) electrons. The fourth-order valence-electron chi connectivity index (χ4n) is 2.30. The van der Waals surface area contributed by atoms with Gasteiger partial charge in [-0.25, -0.2) is 9.97 Å². The van der Waals surface area contributed by atoms with E-state index in [2.05, 4.69) is 44.5 Å². The van der Waals surface area contributed by atoms with Crippen LogP contribution in [0.4, 0.5) is 5.82 Å². The third kappa shape index (κ3) is 2.79. The first-order valence-electron chi connectivity index (χ1n) is 6.92. The number of anilines is 1. The van der Waals surface area contributed by atoms with E-state index in [4.69, 9.17) is 0 Å². The van der Waals surface area contributed by atoms with Crippen LogP contribution >= 0.6 is 0 Å². The molecule has 0 bridgehead atoms. The second-order valence-electron chi connectivity index (χ2n) is 4.84. The Morgan fingerprint density at radius 1 is 1.00 bits per heavy atom. The molecule has 20 heavy (non-hydrogen) atoms. The summed E-state index contributed by atoms with van der Waals surface area (Å²) in [6, 6.07) is 14.5. The molecule has 2 N–H and O–H groups in total. The van der Waals surface area contributed by atoms with E-state index in [-0.39, 0.29) is 0 Å². The maximum absolute atomic E-state index is 4.55. The molecule has 4 nitrogen and oxygen atoms in total. The Labute approximate surface area is 118 Å². The largest absolute Gasteiger partial charge is 0.373 e. The van der Waals surface area contributed by atoms with E-state index in [1.807, 2.05) is 25.2 Å². The van der Waals surface area contributed by atoms with E-state index in [1.165, 1.54) is 5.56 Å². The number of pyridine rings is 1. The number of benzene rings is 1. The molecule has 0 saturated heterocycles. The van der Waals surface area contributed by atoms with Gasteiger partial charge in [-0.15, -0.1) is 0 Å². The van der Waals surface area contributed by atoms with Gasteiger partial charge in [0, 0.05) is 13.5 Å². The van der Waals surface area contributed by atoms with Crippen molar-refractivity contribution >= 4 is 17.0 Å². The molecule has 0 fully saturated rings. The van der Waals surface area contributed by atoms with Crippen molar-refractivity contribution in [3.8, 4) is 0 Å². The fourth-order valence-corrected chi connectivity index (χ4v) is 2.30. The van der Waals surface area contributed by atoms with E-state index in [1.54, 1.807) is 0 Å². The van der Waals surface area contributed by atoms with Crippen LogP contribution < -0.4 is 5.32 Å². The van der Waals surface area contributed by atoms with Crippen LogP contribution in [-0.4, -0.2) is 22.0 Å². The minimum Gasteiger partial charge on any atom is -0.373 e. The Morgan fingerprint density at radius 3 is 2.65 bits per heavy atom. The van der Waals surface area contributed by atoms with Gasteiger partial charge in [-0.1, -0.05) is 30.3 Å². The molecule has 2 heterocycles. The van der Waals surface area contributed by atoms with Gasteiger partial charge in [-0.3, -0.25) is 0 Å². The Kier molecular flexibility index (Phi) is 3.63. The summed E-state index contributed by atoms with van der Waals surface area (Å²) >= 11 is 0. The number of H-pyrrole nitrogens is 1. The molecule has 3 rings (SSSR count). The summed E-state index contributed by atoms with van der Waals surface area (Å²) in [7, 11) is 1.86. The minimum atomic E-state index is 0.784. The summed E-state index contributed by atoms with van der Waals surface area (Å²) in [6.45, 7) is 0. The first-order valence-corrected chi connectivity index (χ1v) is 6.92. The Hall–Kier alpha value is -2.36. The maximum Gasteiger partial charge on any atom is 0.179 e. The molecular weight excluding hydrogens is 248 g/mol. The van der Waals surface area contributed by atoms with Crippen molar-refractivity contribution in [2.24, 2.45) is 0 Å². The predicted octanol–water partition coefficient (Wildman–Crippen LogP) is 3.17. The SMILES string of the molecule is CNc1ccc2[nH]c(CCCc3ccccc3)nc2n1. The first kappa shape index (κ1) is 12.7. The van der Waals surface area contributed by atoms with E-state index in [9.17, 15) is 0 Å². The van der Waals surface area contributed by atoms with Gasteiger partial charge >= 0.3 is 0 Å². The highest BCUT2D eigenvalue weighted by Gasteiger charge is 2.04. The van der Waals surface area contributed by atoms with Crippen LogP contribution in [0.2, 0.25) is 0 Å². The molecule has 0 saturated carbocycles. The van der Waals surface area contributed by atoms with Gasteiger partial charge in [0.15, 0.2) is 5.65 Å². The highest BCUT2D eigenvalue weighted by molar-refractivity contribution is 5.72. The highest BCUT2D eigenvalue weighted by Crippen LogP contribution is 2.14. The third-order valence-corrected chi connectivity index (χ3v) is 3.37. The molecule has 0 atom stereocenters. The molecule has 3 aromatic rings. The molecule has 4 heteroatoms. The standard InChI is InChI=1S/C16H18N4/c1-17-14-11-10-13-16(19-14)20-15(18-13)9-5-8-12-6-3-2-4-7-12/h2-4,6-7,10-11H,5,8-9H2,1H3,(H2,17,18,19,20). The van der Waals surface area contributed by atoms with Crippen LogP contribution in [0.25, 0.3) is 11.2 Å². The van der Waals surface area contributed by atoms with Crippen molar-refractivity contribution in [1.82, 2.24) is 15.0 Å². The summed E-state index contributed by atoms with van der Waals surface area (Å²) in [5.41, 5.74) is 3.16. The van der Waals surface area contributed by atoms with Crippen LogP contribution in [0.3, 0.4) is 0 Å². The van der Waals surface area contributed by atoms with Crippen LogP contribution in [0.1, 0.15) is 17.8 Å². The lowest BCUT2D eigenvalue weighted by Gasteiger charge is -1.99. The van der Waals surface area contributed by atoms with Gasteiger partial charge in [0.25, 0.3) is 0 Å². The van der Waals surface area contributed by atoms with E-state index in [0.717, 1.165) is 42.1 Å². The lowest BCUT2D eigenvalue weighted by molar-refractivity contribution is 0.785. The second kappa shape index (κ2) is 5.74. The Balaban J connectivity index is 1.66. The average Bonchev–Trinajstić information content (AvgIpc) is 2.90. The molecule has 1 aromatic carbocycles. The average molecular weight is 266 g/mol. The molecule has 0 unspecified atom stereocenters.